The molecule has 0 aliphatic carbocycles. The second kappa shape index (κ2) is 6.04. The summed E-state index contributed by atoms with van der Waals surface area (Å²) in [5, 5.41) is 0.831. The van der Waals surface area contributed by atoms with Crippen molar-refractivity contribution < 1.29 is 21.5 Å². The van der Waals surface area contributed by atoms with Crippen molar-refractivity contribution in [3.8, 4) is 0 Å². The molecule has 0 aliphatic heterocycles. The Morgan fingerprint density at radius 2 is 1.89 bits per heavy atom. The minimum Gasteiger partial charge on any atom is -1.00 e. The van der Waals surface area contributed by atoms with Gasteiger partial charge in [-0.25, -0.2) is 0 Å². The lowest BCUT2D eigenvalue weighted by molar-refractivity contribution is -0.658. The van der Waals surface area contributed by atoms with Crippen LogP contribution in [0.1, 0.15) is 11.1 Å². The van der Waals surface area contributed by atoms with Gasteiger partial charge < -0.3 is 17.0 Å². The molecule has 98 valence electrons. The van der Waals surface area contributed by atoms with Gasteiger partial charge in [0.15, 0.2) is 6.54 Å². The van der Waals surface area contributed by atoms with Crippen LogP contribution in [0.5, 0.6) is 0 Å². The van der Waals surface area contributed by atoms with Gasteiger partial charge in [0.1, 0.15) is 4.70 Å². The Labute approximate surface area is 132 Å². The highest BCUT2D eigenvalue weighted by Gasteiger charge is 2.15. The van der Waals surface area contributed by atoms with E-state index in [1.54, 1.807) is 11.3 Å². The molecule has 0 radical (unpaired) electrons. The summed E-state index contributed by atoms with van der Waals surface area (Å²) in [6.07, 6.45) is 0. The van der Waals surface area contributed by atoms with Crippen molar-refractivity contribution in [3.05, 3.63) is 64.1 Å². The predicted molar refractivity (Wildman–Crippen MR) is 77.3 cm³/mol. The highest BCUT2D eigenvalue weighted by Crippen LogP contribution is 2.21. The first-order valence-electron chi connectivity index (χ1n) is 5.85. The van der Waals surface area contributed by atoms with Crippen molar-refractivity contribution in [1.29, 1.82) is 0 Å². The lowest BCUT2D eigenvalue weighted by Gasteiger charge is -2.00. The minimum absolute atomic E-state index is 0. The second-order valence-electron chi connectivity index (χ2n) is 4.36. The van der Waals surface area contributed by atoms with E-state index in [2.05, 4.69) is 41.3 Å². The maximum atomic E-state index is 6.22. The molecule has 1 heterocycles. The Bertz CT molecular complexity index is 708. The predicted octanol–water partition coefficient (Wildman–Crippen LogP) is 1.20. The first kappa shape index (κ1) is 14.5. The summed E-state index contributed by atoms with van der Waals surface area (Å²) in [7, 11) is 0. The number of nitrogens with zero attached hydrogens (tertiary/aromatic N) is 1. The molecule has 4 heteroatoms. The fourth-order valence-electron chi connectivity index (χ4n) is 2.19. The van der Waals surface area contributed by atoms with Crippen LogP contribution in [0.2, 0.25) is 5.02 Å². The molecule has 0 aliphatic rings. The number of halogens is 2. The van der Waals surface area contributed by atoms with Crippen LogP contribution in [0.4, 0.5) is 0 Å². The lowest BCUT2D eigenvalue weighted by Crippen LogP contribution is -3.00. The minimum atomic E-state index is 0. The third kappa shape index (κ3) is 2.83. The van der Waals surface area contributed by atoms with Crippen molar-refractivity contribution in [1.82, 2.24) is 0 Å². The number of aryl methyl sites for hydroxylation is 1. The Hall–Kier alpha value is -0.900. The van der Waals surface area contributed by atoms with Gasteiger partial charge >= 0.3 is 0 Å². The second-order valence-corrected chi connectivity index (χ2v) is 5.66. The van der Waals surface area contributed by atoms with Crippen LogP contribution in [0, 0.1) is 6.92 Å². The van der Waals surface area contributed by atoms with Crippen LogP contribution in [-0.4, -0.2) is 0 Å². The van der Waals surface area contributed by atoms with Crippen molar-refractivity contribution >= 4 is 33.2 Å². The van der Waals surface area contributed by atoms with Crippen molar-refractivity contribution in [2.24, 2.45) is 0 Å². The van der Waals surface area contributed by atoms with Crippen LogP contribution < -0.4 is 21.5 Å². The van der Waals surface area contributed by atoms with Gasteiger partial charge in [0.2, 0.25) is 11.0 Å². The van der Waals surface area contributed by atoms with Gasteiger partial charge in [0.25, 0.3) is 0 Å². The SMILES string of the molecule is Cc1cccc2sc[n+](Cc3ccccc3Cl)c12.[Br-]. The number of aromatic nitrogens is 1. The molecule has 0 unspecified atom stereocenters. The summed E-state index contributed by atoms with van der Waals surface area (Å²) in [6.45, 7) is 2.97. The monoisotopic (exact) mass is 353 g/mol. The molecule has 0 N–H and O–H groups in total. The van der Waals surface area contributed by atoms with E-state index in [1.165, 1.54) is 15.8 Å². The quantitative estimate of drug-likeness (QED) is 0.609. The fraction of sp³-hybridized carbons (Fsp3) is 0.133. The zero-order valence-electron chi connectivity index (χ0n) is 10.4. The number of rotatable bonds is 2. The maximum Gasteiger partial charge on any atom is 0.226 e. The van der Waals surface area contributed by atoms with Gasteiger partial charge in [0, 0.05) is 11.1 Å². The molecule has 19 heavy (non-hydrogen) atoms. The maximum absolute atomic E-state index is 6.22. The molecule has 3 rings (SSSR count). The van der Waals surface area contributed by atoms with Gasteiger partial charge in [-0.1, -0.05) is 53.3 Å². The van der Waals surface area contributed by atoms with Crippen molar-refractivity contribution in [2.45, 2.75) is 13.5 Å². The van der Waals surface area contributed by atoms with Crippen LogP contribution >= 0.6 is 22.9 Å². The third-order valence-corrected chi connectivity index (χ3v) is 4.41. The van der Waals surface area contributed by atoms with E-state index in [9.17, 15) is 0 Å². The molecule has 0 spiro atoms. The molecule has 0 atom stereocenters. The summed E-state index contributed by atoms with van der Waals surface area (Å²) in [5.41, 5.74) is 5.94. The molecule has 2 aromatic carbocycles. The number of hydrogen-bond acceptors (Lipinski definition) is 1. The number of fused-ring (bicyclic) bond motifs is 1. The van der Waals surface area contributed by atoms with Gasteiger partial charge in [-0.05, 0) is 19.1 Å². The van der Waals surface area contributed by atoms with Crippen LogP contribution in [0.3, 0.4) is 0 Å². The first-order chi connectivity index (χ1) is 8.75. The van der Waals surface area contributed by atoms with E-state index in [0.717, 1.165) is 17.1 Å². The van der Waals surface area contributed by atoms with Crippen LogP contribution in [-0.2, 0) is 6.54 Å². The summed E-state index contributed by atoms with van der Waals surface area (Å²) in [4.78, 5) is 0. The molecule has 0 fully saturated rings. The molecule has 1 nitrogen and oxygen atoms in total. The number of benzene rings is 2. The fourth-order valence-corrected chi connectivity index (χ4v) is 3.36. The third-order valence-electron chi connectivity index (χ3n) is 3.09. The average molecular weight is 355 g/mol. The Kier molecular flexibility index (Phi) is 4.61. The smallest absolute Gasteiger partial charge is 0.226 e. The zero-order valence-corrected chi connectivity index (χ0v) is 13.6. The molecule has 1 aromatic heterocycles. The van der Waals surface area contributed by atoms with Gasteiger partial charge in [-0.2, -0.15) is 4.57 Å². The van der Waals surface area contributed by atoms with Gasteiger partial charge in [-0.3, -0.25) is 0 Å². The summed E-state index contributed by atoms with van der Waals surface area (Å²) in [6, 6.07) is 14.4. The van der Waals surface area contributed by atoms with Crippen LogP contribution in [0.15, 0.2) is 48.0 Å². The van der Waals surface area contributed by atoms with Crippen LogP contribution in [0.25, 0.3) is 10.2 Å². The summed E-state index contributed by atoms with van der Waals surface area (Å²) >= 11 is 8.00. The first-order valence-corrected chi connectivity index (χ1v) is 7.11. The van der Waals surface area contributed by atoms with Crippen molar-refractivity contribution in [2.75, 3.05) is 0 Å². The molecule has 0 bridgehead atoms. The van der Waals surface area contributed by atoms with E-state index < -0.39 is 0 Å². The highest BCUT2D eigenvalue weighted by molar-refractivity contribution is 7.16. The molecule has 0 saturated carbocycles. The lowest BCUT2D eigenvalue weighted by atomic mass is 10.2. The van der Waals surface area contributed by atoms with E-state index in [1.807, 2.05) is 18.2 Å². The summed E-state index contributed by atoms with van der Waals surface area (Å²) in [5.74, 6) is 0. The van der Waals surface area contributed by atoms with E-state index >= 15 is 0 Å². The standard InChI is InChI=1S/C15H13ClNS.BrH/c1-11-5-4-8-14-15(11)17(10-18-14)9-12-6-2-3-7-13(12)16;/h2-8,10H,9H2,1H3;1H/q+1;/p-1. The largest absolute Gasteiger partial charge is 1.00 e. The number of thiazole rings is 1. The zero-order chi connectivity index (χ0) is 12.5. The van der Waals surface area contributed by atoms with Crippen molar-refractivity contribution in [3.63, 3.8) is 0 Å². The molecular formula is C15H13BrClNS. The van der Waals surface area contributed by atoms with E-state index in [0.29, 0.717) is 0 Å². The van der Waals surface area contributed by atoms with E-state index in [4.69, 9.17) is 11.6 Å². The molecular weight excluding hydrogens is 342 g/mol. The topological polar surface area (TPSA) is 3.88 Å². The normalized spacial score (nSPS) is 10.4. The van der Waals surface area contributed by atoms with Gasteiger partial charge in [0.05, 0.1) is 5.02 Å². The Morgan fingerprint density at radius 3 is 2.68 bits per heavy atom. The number of hydrogen-bond donors (Lipinski definition) is 0. The van der Waals surface area contributed by atoms with E-state index in [-0.39, 0.29) is 17.0 Å². The Balaban J connectivity index is 0.00000133. The average Bonchev–Trinajstić information content (AvgIpc) is 2.77. The molecule has 0 saturated heterocycles. The number of para-hydroxylation sites is 1. The highest BCUT2D eigenvalue weighted by atomic mass is 79.9. The molecule has 0 amide bonds. The summed E-state index contributed by atoms with van der Waals surface area (Å²) < 4.78 is 3.60. The van der Waals surface area contributed by atoms with Gasteiger partial charge in [-0.15, -0.1) is 0 Å². The molecule has 3 aromatic rings. The Morgan fingerprint density at radius 1 is 1.11 bits per heavy atom.